The number of carbonyl (C=O) groups is 1. The molecule has 2 aromatic rings. The number of H-pyrrole nitrogens is 1. The van der Waals surface area contributed by atoms with E-state index >= 15 is 0 Å². The summed E-state index contributed by atoms with van der Waals surface area (Å²) >= 11 is 1.18. The van der Waals surface area contributed by atoms with Crippen LogP contribution in [-0.4, -0.2) is 39.4 Å². The van der Waals surface area contributed by atoms with Crippen molar-refractivity contribution in [1.29, 1.82) is 0 Å². The molecule has 0 aliphatic heterocycles. The van der Waals surface area contributed by atoms with Crippen molar-refractivity contribution in [2.24, 2.45) is 5.73 Å². The quantitative estimate of drug-likeness (QED) is 0.674. The fraction of sp³-hybridized carbons (Fsp3) is 0.385. The van der Waals surface area contributed by atoms with Gasteiger partial charge in [-0.15, -0.1) is 0 Å². The van der Waals surface area contributed by atoms with Crippen LogP contribution in [0.4, 0.5) is 0 Å². The minimum absolute atomic E-state index is 0.332. The number of ether oxygens (including phenoxy) is 1. The Morgan fingerprint density at radius 1 is 1.60 bits per heavy atom. The van der Waals surface area contributed by atoms with Gasteiger partial charge >= 0.3 is 5.97 Å². The van der Waals surface area contributed by atoms with Gasteiger partial charge in [-0.05, 0) is 32.0 Å². The summed E-state index contributed by atoms with van der Waals surface area (Å²) < 4.78 is 5.42. The second-order valence-electron chi connectivity index (χ2n) is 4.18. The minimum Gasteiger partial charge on any atom is -0.494 e. The van der Waals surface area contributed by atoms with Gasteiger partial charge < -0.3 is 20.6 Å². The largest absolute Gasteiger partial charge is 0.494 e. The molecule has 0 amide bonds. The lowest BCUT2D eigenvalue weighted by Crippen LogP contribution is -2.20. The Morgan fingerprint density at radius 2 is 2.40 bits per heavy atom. The highest BCUT2D eigenvalue weighted by molar-refractivity contribution is 8.00. The predicted molar refractivity (Wildman–Crippen MR) is 78.2 cm³/mol. The lowest BCUT2D eigenvalue weighted by molar-refractivity contribution is -0.136. The van der Waals surface area contributed by atoms with Crippen molar-refractivity contribution < 1.29 is 14.6 Å². The summed E-state index contributed by atoms with van der Waals surface area (Å²) in [6.45, 7) is 2.85. The van der Waals surface area contributed by atoms with Crippen molar-refractivity contribution in [3.8, 4) is 5.75 Å². The van der Waals surface area contributed by atoms with E-state index in [1.54, 1.807) is 0 Å². The second-order valence-corrected chi connectivity index (χ2v) is 5.37. The first-order chi connectivity index (χ1) is 9.63. The molecule has 0 saturated heterocycles. The number of aliphatic carboxylic acids is 1. The first-order valence-corrected chi connectivity index (χ1v) is 7.24. The smallest absolute Gasteiger partial charge is 0.317 e. The number of imidazole rings is 1. The molecule has 1 heterocycles. The zero-order valence-corrected chi connectivity index (χ0v) is 11.9. The average Bonchev–Trinajstić information content (AvgIpc) is 2.80. The number of benzene rings is 1. The van der Waals surface area contributed by atoms with E-state index in [4.69, 9.17) is 15.6 Å². The lowest BCUT2D eigenvalue weighted by Gasteiger charge is -2.07. The van der Waals surface area contributed by atoms with Crippen LogP contribution in [0.15, 0.2) is 23.4 Å². The number of hydrogen-bond acceptors (Lipinski definition) is 5. The third-order valence-corrected chi connectivity index (χ3v) is 3.84. The number of nitrogens with two attached hydrogens (primary N) is 1. The molecular formula is C13H17N3O3S. The molecule has 0 aliphatic carbocycles. The van der Waals surface area contributed by atoms with Gasteiger partial charge in [0.15, 0.2) is 5.16 Å². The molecule has 0 radical (unpaired) electrons. The number of rotatable bonds is 7. The molecule has 6 nitrogen and oxygen atoms in total. The zero-order chi connectivity index (χ0) is 14.5. The molecular weight excluding hydrogens is 278 g/mol. The lowest BCUT2D eigenvalue weighted by atomic mass is 10.3. The fourth-order valence-electron chi connectivity index (χ4n) is 1.80. The normalized spacial score (nSPS) is 12.5. The Kier molecular flexibility index (Phi) is 4.86. The van der Waals surface area contributed by atoms with Gasteiger partial charge in [-0.1, -0.05) is 11.8 Å². The molecule has 0 bridgehead atoms. The standard InChI is InChI=1S/C13H17N3O3S/c1-2-19-8-3-4-9-10(7-8)16-13(15-9)20-11(5-6-14)12(17)18/h3-4,7,11H,2,5-6,14H2,1H3,(H,15,16)(H,17,18). The molecule has 1 aromatic carbocycles. The second kappa shape index (κ2) is 6.62. The molecule has 1 unspecified atom stereocenters. The maximum Gasteiger partial charge on any atom is 0.317 e. The third-order valence-electron chi connectivity index (χ3n) is 2.70. The van der Waals surface area contributed by atoms with E-state index in [0.29, 0.717) is 24.7 Å². The van der Waals surface area contributed by atoms with Gasteiger partial charge in [0.25, 0.3) is 0 Å². The molecule has 7 heteroatoms. The van der Waals surface area contributed by atoms with Crippen molar-refractivity contribution in [3.05, 3.63) is 18.2 Å². The molecule has 20 heavy (non-hydrogen) atoms. The fourth-order valence-corrected chi connectivity index (χ4v) is 2.74. The number of carboxylic acids is 1. The summed E-state index contributed by atoms with van der Waals surface area (Å²) in [6, 6.07) is 5.55. The van der Waals surface area contributed by atoms with Gasteiger partial charge in [-0.3, -0.25) is 4.79 Å². The summed E-state index contributed by atoms with van der Waals surface area (Å²) in [5, 5.41) is 9.10. The molecule has 0 aliphatic rings. The van der Waals surface area contributed by atoms with Crippen molar-refractivity contribution in [3.63, 3.8) is 0 Å². The number of aromatic amines is 1. The van der Waals surface area contributed by atoms with Gasteiger partial charge in [0.2, 0.25) is 0 Å². The van der Waals surface area contributed by atoms with E-state index in [1.807, 2.05) is 25.1 Å². The summed E-state index contributed by atoms with van der Waals surface area (Å²) in [5.41, 5.74) is 7.04. The van der Waals surface area contributed by atoms with Crippen LogP contribution in [0.5, 0.6) is 5.75 Å². The summed E-state index contributed by atoms with van der Waals surface area (Å²) in [7, 11) is 0. The first-order valence-electron chi connectivity index (χ1n) is 6.36. The average molecular weight is 295 g/mol. The zero-order valence-electron chi connectivity index (χ0n) is 11.1. The maximum absolute atomic E-state index is 11.1. The van der Waals surface area contributed by atoms with Gasteiger partial charge in [0, 0.05) is 6.07 Å². The number of hydrogen-bond donors (Lipinski definition) is 3. The number of carboxylic acid groups (broad SMARTS) is 1. The number of aromatic nitrogens is 2. The van der Waals surface area contributed by atoms with E-state index in [-0.39, 0.29) is 0 Å². The maximum atomic E-state index is 11.1. The van der Waals surface area contributed by atoms with Crippen LogP contribution >= 0.6 is 11.8 Å². The summed E-state index contributed by atoms with van der Waals surface area (Å²) in [4.78, 5) is 18.6. The van der Waals surface area contributed by atoms with E-state index in [9.17, 15) is 4.79 Å². The van der Waals surface area contributed by atoms with Crippen LogP contribution in [0.25, 0.3) is 11.0 Å². The highest BCUT2D eigenvalue weighted by atomic mass is 32.2. The monoisotopic (exact) mass is 295 g/mol. The number of nitrogens with one attached hydrogen (secondary N) is 1. The Bertz CT molecular complexity index is 600. The topological polar surface area (TPSA) is 101 Å². The molecule has 1 aromatic heterocycles. The van der Waals surface area contributed by atoms with Gasteiger partial charge in [-0.25, -0.2) is 4.98 Å². The Labute approximate surface area is 120 Å². The molecule has 0 fully saturated rings. The van der Waals surface area contributed by atoms with Crippen molar-refractivity contribution in [2.45, 2.75) is 23.8 Å². The molecule has 0 spiro atoms. The van der Waals surface area contributed by atoms with Crippen LogP contribution in [0.2, 0.25) is 0 Å². The highest BCUT2D eigenvalue weighted by Gasteiger charge is 2.19. The van der Waals surface area contributed by atoms with Crippen LogP contribution in [-0.2, 0) is 4.79 Å². The van der Waals surface area contributed by atoms with Crippen LogP contribution in [0.1, 0.15) is 13.3 Å². The van der Waals surface area contributed by atoms with Gasteiger partial charge in [0.05, 0.1) is 17.6 Å². The summed E-state index contributed by atoms with van der Waals surface area (Å²) in [5.74, 6) is -0.118. The van der Waals surface area contributed by atoms with E-state index in [1.165, 1.54) is 11.8 Å². The summed E-state index contributed by atoms with van der Waals surface area (Å²) in [6.07, 6.45) is 0.404. The first kappa shape index (κ1) is 14.7. The Hall–Kier alpha value is -1.73. The molecule has 108 valence electrons. The third kappa shape index (κ3) is 3.43. The van der Waals surface area contributed by atoms with Gasteiger partial charge in [0.1, 0.15) is 11.0 Å². The van der Waals surface area contributed by atoms with Gasteiger partial charge in [-0.2, -0.15) is 0 Å². The van der Waals surface area contributed by atoms with Crippen molar-refractivity contribution in [1.82, 2.24) is 9.97 Å². The highest BCUT2D eigenvalue weighted by Crippen LogP contribution is 2.27. The Morgan fingerprint density at radius 3 is 3.05 bits per heavy atom. The number of fused-ring (bicyclic) bond motifs is 1. The van der Waals surface area contributed by atoms with E-state index < -0.39 is 11.2 Å². The SMILES string of the molecule is CCOc1ccc2nc(SC(CCN)C(=O)O)[nH]c2c1. The molecule has 2 rings (SSSR count). The molecule has 1 atom stereocenters. The van der Waals surface area contributed by atoms with Crippen LogP contribution < -0.4 is 10.5 Å². The molecule has 0 saturated carbocycles. The van der Waals surface area contributed by atoms with Crippen LogP contribution in [0, 0.1) is 0 Å². The molecule has 4 N–H and O–H groups in total. The minimum atomic E-state index is -0.879. The van der Waals surface area contributed by atoms with Crippen LogP contribution in [0.3, 0.4) is 0 Å². The number of nitrogens with zero attached hydrogens (tertiary/aromatic N) is 1. The van der Waals surface area contributed by atoms with Crippen molar-refractivity contribution >= 4 is 28.8 Å². The predicted octanol–water partition coefficient (Wildman–Crippen LogP) is 1.86. The van der Waals surface area contributed by atoms with E-state index in [2.05, 4.69) is 9.97 Å². The van der Waals surface area contributed by atoms with Crippen molar-refractivity contribution in [2.75, 3.05) is 13.2 Å². The Balaban J connectivity index is 2.20. The number of thioether (sulfide) groups is 1. The van der Waals surface area contributed by atoms with E-state index in [0.717, 1.165) is 16.8 Å².